The van der Waals surface area contributed by atoms with E-state index < -0.39 is 18.0 Å². The zero-order valence-corrected chi connectivity index (χ0v) is 8.66. The Bertz CT molecular complexity index is 391. The number of nitrogens with zero attached hydrogens (tertiary/aromatic N) is 1. The summed E-state index contributed by atoms with van der Waals surface area (Å²) in [6, 6.07) is 5.74. The van der Waals surface area contributed by atoms with E-state index in [0.717, 1.165) is 0 Å². The Hall–Kier alpha value is -1.09. The lowest BCUT2D eigenvalue weighted by molar-refractivity contribution is 0.0315. The summed E-state index contributed by atoms with van der Waals surface area (Å²) in [5.74, 6) is -0.787. The number of aliphatic hydroxyl groups excluding tert-OH is 2. The maximum absolute atomic E-state index is 13.5. The smallest absolute Gasteiger partial charge is 0.146 e. The number of nitriles is 1. The summed E-state index contributed by atoms with van der Waals surface area (Å²) in [6.07, 6.45) is -2.52. The predicted octanol–water partition coefficient (Wildman–Crippen LogP) is 1.02. The molecule has 80 valence electrons. The Kier molecular flexibility index (Phi) is 4.09. The van der Waals surface area contributed by atoms with Gasteiger partial charge in [-0.1, -0.05) is 12.1 Å². The quantitative estimate of drug-likeness (QED) is 0.675. The second-order valence-electron chi connectivity index (χ2n) is 3.02. The Morgan fingerprint density at radius 1 is 1.47 bits per heavy atom. The van der Waals surface area contributed by atoms with E-state index in [2.05, 4.69) is 12.6 Å². The fraction of sp³-hybridized carbons (Fsp3) is 0.300. The Balaban J connectivity index is 3.10. The van der Waals surface area contributed by atoms with E-state index in [0.29, 0.717) is 0 Å². The van der Waals surface area contributed by atoms with Crippen LogP contribution >= 0.6 is 12.6 Å². The van der Waals surface area contributed by atoms with E-state index >= 15 is 0 Å². The highest BCUT2D eigenvalue weighted by atomic mass is 32.1. The molecule has 3 nitrogen and oxygen atoms in total. The van der Waals surface area contributed by atoms with Gasteiger partial charge in [0.2, 0.25) is 0 Å². The molecule has 0 spiro atoms. The molecule has 0 aliphatic carbocycles. The van der Waals surface area contributed by atoms with E-state index in [1.54, 1.807) is 6.07 Å². The third kappa shape index (κ3) is 2.48. The summed E-state index contributed by atoms with van der Waals surface area (Å²) in [5, 5.41) is 27.4. The minimum Gasteiger partial charge on any atom is -0.389 e. The molecular weight excluding hydrogens is 217 g/mol. The molecule has 0 amide bonds. The lowest BCUT2D eigenvalue weighted by Gasteiger charge is -2.16. The molecule has 0 radical (unpaired) electrons. The first-order valence-electron chi connectivity index (χ1n) is 4.27. The standard InChI is InChI=1S/C10H10FNO2S/c11-9-6(4-12)2-1-3-7(9)10(14)8(13)5-15/h1-3,8,10,13-15H,5H2. The van der Waals surface area contributed by atoms with Crippen LogP contribution in [0, 0.1) is 17.1 Å². The first kappa shape index (κ1) is 12.0. The van der Waals surface area contributed by atoms with Crippen LogP contribution in [0.2, 0.25) is 0 Å². The molecule has 1 aromatic rings. The maximum Gasteiger partial charge on any atom is 0.146 e. The van der Waals surface area contributed by atoms with E-state index in [1.807, 2.05) is 0 Å². The van der Waals surface area contributed by atoms with Gasteiger partial charge < -0.3 is 10.2 Å². The molecule has 2 unspecified atom stereocenters. The third-order valence-corrected chi connectivity index (χ3v) is 2.39. The SMILES string of the molecule is N#Cc1cccc(C(O)C(O)CS)c1F. The van der Waals surface area contributed by atoms with Gasteiger partial charge >= 0.3 is 0 Å². The van der Waals surface area contributed by atoms with Crippen molar-refractivity contribution in [2.75, 3.05) is 5.75 Å². The van der Waals surface area contributed by atoms with Gasteiger partial charge in [0.05, 0.1) is 11.7 Å². The van der Waals surface area contributed by atoms with Gasteiger partial charge in [0.1, 0.15) is 18.0 Å². The molecule has 0 fully saturated rings. The van der Waals surface area contributed by atoms with Crippen LogP contribution in [-0.2, 0) is 0 Å². The van der Waals surface area contributed by atoms with Crippen LogP contribution in [-0.4, -0.2) is 22.1 Å². The van der Waals surface area contributed by atoms with Gasteiger partial charge in [-0.3, -0.25) is 0 Å². The van der Waals surface area contributed by atoms with Crippen LogP contribution in [0.1, 0.15) is 17.2 Å². The first-order chi connectivity index (χ1) is 7.11. The number of thiol groups is 1. The molecule has 0 saturated carbocycles. The summed E-state index contributed by atoms with van der Waals surface area (Å²) in [7, 11) is 0. The summed E-state index contributed by atoms with van der Waals surface area (Å²) in [4.78, 5) is 0. The molecule has 2 atom stereocenters. The second-order valence-corrected chi connectivity index (χ2v) is 3.38. The van der Waals surface area contributed by atoms with Crippen molar-refractivity contribution in [3.05, 3.63) is 35.1 Å². The van der Waals surface area contributed by atoms with Crippen LogP contribution in [0.25, 0.3) is 0 Å². The summed E-state index contributed by atoms with van der Waals surface area (Å²) in [5.41, 5.74) is -0.242. The zero-order valence-electron chi connectivity index (χ0n) is 7.76. The zero-order chi connectivity index (χ0) is 11.4. The normalized spacial score (nSPS) is 14.3. The van der Waals surface area contributed by atoms with Gasteiger partial charge in [-0.2, -0.15) is 17.9 Å². The molecule has 5 heteroatoms. The number of halogens is 1. The van der Waals surface area contributed by atoms with E-state index in [-0.39, 0.29) is 16.9 Å². The Morgan fingerprint density at radius 2 is 2.13 bits per heavy atom. The second kappa shape index (κ2) is 5.12. The highest BCUT2D eigenvalue weighted by molar-refractivity contribution is 7.80. The summed E-state index contributed by atoms with van der Waals surface area (Å²) < 4.78 is 13.5. The Labute approximate surface area is 92.2 Å². The van der Waals surface area contributed by atoms with Crippen LogP contribution in [0.3, 0.4) is 0 Å². The van der Waals surface area contributed by atoms with Crippen molar-refractivity contribution < 1.29 is 14.6 Å². The molecule has 1 rings (SSSR count). The van der Waals surface area contributed by atoms with E-state index in [9.17, 15) is 14.6 Å². The molecule has 0 aliphatic rings. The average molecular weight is 227 g/mol. The minimum absolute atomic E-state index is 0.0113. The number of hydrogen-bond donors (Lipinski definition) is 3. The van der Waals surface area contributed by atoms with E-state index in [1.165, 1.54) is 18.2 Å². The predicted molar refractivity (Wildman–Crippen MR) is 55.9 cm³/mol. The van der Waals surface area contributed by atoms with Crippen molar-refractivity contribution in [3.8, 4) is 6.07 Å². The first-order valence-corrected chi connectivity index (χ1v) is 4.90. The van der Waals surface area contributed by atoms with Crippen LogP contribution in [0.4, 0.5) is 4.39 Å². The van der Waals surface area contributed by atoms with Gasteiger partial charge in [0.25, 0.3) is 0 Å². The Morgan fingerprint density at radius 3 is 2.67 bits per heavy atom. The highest BCUT2D eigenvalue weighted by Crippen LogP contribution is 2.22. The average Bonchev–Trinajstić information content (AvgIpc) is 2.27. The number of rotatable bonds is 3. The number of hydrogen-bond acceptors (Lipinski definition) is 4. The van der Waals surface area contributed by atoms with Gasteiger partial charge in [-0.25, -0.2) is 4.39 Å². The molecule has 0 aliphatic heterocycles. The highest BCUT2D eigenvalue weighted by Gasteiger charge is 2.21. The lowest BCUT2D eigenvalue weighted by atomic mass is 10.0. The van der Waals surface area contributed by atoms with Gasteiger partial charge in [0.15, 0.2) is 0 Å². The lowest BCUT2D eigenvalue weighted by Crippen LogP contribution is -2.21. The van der Waals surface area contributed by atoms with Crippen LogP contribution < -0.4 is 0 Å². The molecule has 0 heterocycles. The molecule has 2 N–H and O–H groups in total. The van der Waals surface area contributed by atoms with Crippen LogP contribution in [0.5, 0.6) is 0 Å². The number of benzene rings is 1. The van der Waals surface area contributed by atoms with Crippen molar-refractivity contribution in [3.63, 3.8) is 0 Å². The largest absolute Gasteiger partial charge is 0.389 e. The maximum atomic E-state index is 13.5. The van der Waals surface area contributed by atoms with Gasteiger partial charge in [-0.05, 0) is 6.07 Å². The van der Waals surface area contributed by atoms with Gasteiger partial charge in [0, 0.05) is 11.3 Å². The molecule has 0 aromatic heterocycles. The minimum atomic E-state index is -1.36. The summed E-state index contributed by atoms with van der Waals surface area (Å²) in [6.45, 7) is 0. The molecule has 0 bridgehead atoms. The van der Waals surface area contributed by atoms with Crippen LogP contribution in [0.15, 0.2) is 18.2 Å². The van der Waals surface area contributed by atoms with Crippen molar-refractivity contribution >= 4 is 12.6 Å². The van der Waals surface area contributed by atoms with Crippen molar-refractivity contribution in [2.24, 2.45) is 0 Å². The monoisotopic (exact) mass is 227 g/mol. The topological polar surface area (TPSA) is 64.2 Å². The van der Waals surface area contributed by atoms with E-state index in [4.69, 9.17) is 5.26 Å². The fourth-order valence-electron chi connectivity index (χ4n) is 1.17. The van der Waals surface area contributed by atoms with Crippen molar-refractivity contribution in [2.45, 2.75) is 12.2 Å². The molecule has 1 aromatic carbocycles. The number of aliphatic hydroxyl groups is 2. The van der Waals surface area contributed by atoms with Crippen molar-refractivity contribution in [1.82, 2.24) is 0 Å². The third-order valence-electron chi connectivity index (χ3n) is 2.02. The fourth-order valence-corrected chi connectivity index (χ4v) is 1.37. The molecule has 0 saturated heterocycles. The summed E-state index contributed by atoms with van der Waals surface area (Å²) >= 11 is 3.79. The molecule has 15 heavy (non-hydrogen) atoms. The van der Waals surface area contributed by atoms with Crippen molar-refractivity contribution in [1.29, 1.82) is 5.26 Å². The molecular formula is C10H10FNO2S. The van der Waals surface area contributed by atoms with Gasteiger partial charge in [-0.15, -0.1) is 0 Å².